The molecule has 0 aliphatic carbocycles. The van der Waals surface area contributed by atoms with Crippen LogP contribution in [0.4, 0.5) is 15.8 Å². The van der Waals surface area contributed by atoms with Gasteiger partial charge in [-0.2, -0.15) is 0 Å². The molecule has 114 valence electrons. The van der Waals surface area contributed by atoms with Gasteiger partial charge in [0, 0.05) is 30.8 Å². The van der Waals surface area contributed by atoms with Gasteiger partial charge in [0.25, 0.3) is 0 Å². The highest BCUT2D eigenvalue weighted by Crippen LogP contribution is 2.27. The number of nitrogens with zero attached hydrogens (tertiary/aromatic N) is 1. The highest BCUT2D eigenvalue weighted by molar-refractivity contribution is 6.31. The molecule has 0 radical (unpaired) electrons. The number of anilines is 2. The van der Waals surface area contributed by atoms with Crippen LogP contribution in [-0.4, -0.2) is 20.0 Å². The Hall–Kier alpha value is -2.33. The van der Waals surface area contributed by atoms with Crippen molar-refractivity contribution in [3.8, 4) is 0 Å². The lowest BCUT2D eigenvalue weighted by molar-refractivity contribution is -0.111. The van der Waals surface area contributed by atoms with E-state index in [1.807, 2.05) is 25.1 Å². The summed E-state index contributed by atoms with van der Waals surface area (Å²) in [5, 5.41) is 3.27. The Morgan fingerprint density at radius 3 is 2.64 bits per heavy atom. The molecule has 0 unspecified atom stereocenters. The van der Waals surface area contributed by atoms with E-state index in [1.165, 1.54) is 18.2 Å². The lowest BCUT2D eigenvalue weighted by Crippen LogP contribution is -2.15. The molecule has 0 aliphatic heterocycles. The first-order valence-corrected chi connectivity index (χ1v) is 7.05. The third-order valence-electron chi connectivity index (χ3n) is 3.02. The maximum Gasteiger partial charge on any atom is 0.248 e. The Morgan fingerprint density at radius 2 is 1.95 bits per heavy atom. The minimum atomic E-state index is -0.372. The zero-order chi connectivity index (χ0) is 16.1. The van der Waals surface area contributed by atoms with Gasteiger partial charge in [-0.1, -0.05) is 29.8 Å². The standard InChI is InChI=1S/C17H16ClFN2O/c1-21(2)16-9-8-13(18)11-15(16)20-17(22)10-7-12-5-3-4-6-14(12)19/h3-11H,1-2H3,(H,20,22)/b10-7+. The lowest BCUT2D eigenvalue weighted by Gasteiger charge is -2.17. The molecule has 1 N–H and O–H groups in total. The summed E-state index contributed by atoms with van der Waals surface area (Å²) in [4.78, 5) is 13.9. The van der Waals surface area contributed by atoms with Crippen LogP contribution in [0, 0.1) is 5.82 Å². The second-order valence-electron chi connectivity index (χ2n) is 4.90. The van der Waals surface area contributed by atoms with Crippen molar-refractivity contribution in [1.82, 2.24) is 0 Å². The molecule has 0 bridgehead atoms. The zero-order valence-corrected chi connectivity index (χ0v) is 13.1. The first kappa shape index (κ1) is 16.0. The first-order chi connectivity index (χ1) is 10.5. The predicted molar refractivity (Wildman–Crippen MR) is 89.8 cm³/mol. The van der Waals surface area contributed by atoms with Crippen LogP contribution < -0.4 is 10.2 Å². The summed E-state index contributed by atoms with van der Waals surface area (Å²) >= 11 is 5.96. The van der Waals surface area contributed by atoms with Gasteiger partial charge in [0.05, 0.1) is 11.4 Å². The minimum Gasteiger partial charge on any atom is -0.376 e. The average molecular weight is 319 g/mol. The second kappa shape index (κ2) is 7.09. The first-order valence-electron chi connectivity index (χ1n) is 6.68. The Bertz CT molecular complexity index is 714. The fourth-order valence-corrected chi connectivity index (χ4v) is 2.12. The molecule has 0 atom stereocenters. The average Bonchev–Trinajstić information content (AvgIpc) is 2.46. The monoisotopic (exact) mass is 318 g/mol. The summed E-state index contributed by atoms with van der Waals surface area (Å²) in [7, 11) is 3.74. The van der Waals surface area contributed by atoms with Crippen molar-refractivity contribution in [2.75, 3.05) is 24.3 Å². The molecule has 0 aliphatic rings. The number of hydrogen-bond donors (Lipinski definition) is 1. The summed E-state index contributed by atoms with van der Waals surface area (Å²) in [5.74, 6) is -0.725. The molecule has 2 rings (SSSR count). The molecule has 3 nitrogen and oxygen atoms in total. The van der Waals surface area contributed by atoms with Crippen molar-refractivity contribution in [2.45, 2.75) is 0 Å². The largest absolute Gasteiger partial charge is 0.376 e. The van der Waals surface area contributed by atoms with Gasteiger partial charge in [-0.25, -0.2) is 4.39 Å². The molecule has 0 heterocycles. The van der Waals surface area contributed by atoms with E-state index in [-0.39, 0.29) is 11.7 Å². The summed E-state index contributed by atoms with van der Waals surface area (Å²) < 4.78 is 13.5. The summed E-state index contributed by atoms with van der Waals surface area (Å²) in [5.41, 5.74) is 1.79. The van der Waals surface area contributed by atoms with Crippen molar-refractivity contribution < 1.29 is 9.18 Å². The molecule has 2 aromatic carbocycles. The Labute approximate surface area is 134 Å². The molecule has 0 aromatic heterocycles. The quantitative estimate of drug-likeness (QED) is 0.857. The van der Waals surface area contributed by atoms with Gasteiger partial charge in [-0.05, 0) is 30.3 Å². The van der Waals surface area contributed by atoms with Crippen LogP contribution in [-0.2, 0) is 4.79 Å². The smallest absolute Gasteiger partial charge is 0.248 e. The van der Waals surface area contributed by atoms with Gasteiger partial charge in [-0.3, -0.25) is 4.79 Å². The molecular weight excluding hydrogens is 303 g/mol. The summed E-state index contributed by atoms with van der Waals surface area (Å²) in [6.45, 7) is 0. The van der Waals surface area contributed by atoms with Crippen LogP contribution in [0.1, 0.15) is 5.56 Å². The van der Waals surface area contributed by atoms with Crippen LogP contribution in [0.25, 0.3) is 6.08 Å². The topological polar surface area (TPSA) is 32.3 Å². The van der Waals surface area contributed by atoms with E-state index in [9.17, 15) is 9.18 Å². The van der Waals surface area contributed by atoms with E-state index in [0.717, 1.165) is 5.69 Å². The maximum absolute atomic E-state index is 13.5. The fourth-order valence-electron chi connectivity index (χ4n) is 1.95. The number of rotatable bonds is 4. The number of carbonyl (C=O) groups is 1. The minimum absolute atomic E-state index is 0.353. The van der Waals surface area contributed by atoms with Gasteiger partial charge < -0.3 is 10.2 Å². The van der Waals surface area contributed by atoms with Crippen LogP contribution in [0.2, 0.25) is 5.02 Å². The summed E-state index contributed by atoms with van der Waals surface area (Å²) in [6, 6.07) is 11.5. The van der Waals surface area contributed by atoms with Gasteiger partial charge in [0.15, 0.2) is 0 Å². The number of nitrogens with one attached hydrogen (secondary N) is 1. The molecular formula is C17H16ClFN2O. The van der Waals surface area contributed by atoms with Crippen LogP contribution >= 0.6 is 11.6 Å². The molecule has 0 spiro atoms. The Kier molecular flexibility index (Phi) is 5.17. The number of amides is 1. The zero-order valence-electron chi connectivity index (χ0n) is 12.3. The number of halogens is 2. The van der Waals surface area contributed by atoms with Gasteiger partial charge in [0.1, 0.15) is 5.82 Å². The predicted octanol–water partition coefficient (Wildman–Crippen LogP) is 4.20. The van der Waals surface area contributed by atoms with Gasteiger partial charge in [0.2, 0.25) is 5.91 Å². The van der Waals surface area contributed by atoms with E-state index >= 15 is 0 Å². The van der Waals surface area contributed by atoms with Gasteiger partial charge >= 0.3 is 0 Å². The molecule has 5 heteroatoms. The number of benzene rings is 2. The van der Waals surface area contributed by atoms with Crippen molar-refractivity contribution in [3.63, 3.8) is 0 Å². The fraction of sp³-hybridized carbons (Fsp3) is 0.118. The van der Waals surface area contributed by atoms with Crippen LogP contribution in [0.15, 0.2) is 48.5 Å². The second-order valence-corrected chi connectivity index (χ2v) is 5.34. The number of carbonyl (C=O) groups excluding carboxylic acids is 1. The van der Waals surface area contributed by atoms with E-state index < -0.39 is 0 Å². The lowest BCUT2D eigenvalue weighted by atomic mass is 10.2. The van der Waals surface area contributed by atoms with Crippen molar-refractivity contribution in [3.05, 3.63) is 64.9 Å². The Balaban J connectivity index is 2.16. The third-order valence-corrected chi connectivity index (χ3v) is 3.25. The molecule has 0 saturated heterocycles. The van der Waals surface area contributed by atoms with E-state index in [0.29, 0.717) is 16.3 Å². The van der Waals surface area contributed by atoms with Crippen molar-refractivity contribution in [2.24, 2.45) is 0 Å². The third kappa shape index (κ3) is 4.09. The van der Waals surface area contributed by atoms with Gasteiger partial charge in [-0.15, -0.1) is 0 Å². The highest BCUT2D eigenvalue weighted by atomic mass is 35.5. The SMILES string of the molecule is CN(C)c1ccc(Cl)cc1NC(=O)/C=C/c1ccccc1F. The maximum atomic E-state index is 13.5. The summed E-state index contributed by atoms with van der Waals surface area (Å²) in [6.07, 6.45) is 2.73. The number of hydrogen-bond acceptors (Lipinski definition) is 2. The highest BCUT2D eigenvalue weighted by Gasteiger charge is 2.07. The molecule has 2 aromatic rings. The van der Waals surface area contributed by atoms with E-state index in [1.54, 1.807) is 30.3 Å². The van der Waals surface area contributed by atoms with E-state index in [2.05, 4.69) is 5.32 Å². The molecule has 0 saturated carbocycles. The van der Waals surface area contributed by atoms with Crippen LogP contribution in [0.5, 0.6) is 0 Å². The van der Waals surface area contributed by atoms with E-state index in [4.69, 9.17) is 11.6 Å². The molecule has 22 heavy (non-hydrogen) atoms. The Morgan fingerprint density at radius 1 is 1.23 bits per heavy atom. The molecule has 0 fully saturated rings. The molecule has 1 amide bonds. The van der Waals surface area contributed by atoms with Crippen LogP contribution in [0.3, 0.4) is 0 Å². The normalized spacial score (nSPS) is 10.7. The van der Waals surface area contributed by atoms with Crippen molar-refractivity contribution in [1.29, 1.82) is 0 Å². The van der Waals surface area contributed by atoms with Crippen molar-refractivity contribution >= 4 is 35.0 Å².